The van der Waals surface area contributed by atoms with Gasteiger partial charge >= 0.3 is 0 Å². The first kappa shape index (κ1) is 18.5. The third-order valence-electron chi connectivity index (χ3n) is 4.10. The summed E-state index contributed by atoms with van der Waals surface area (Å²) in [6, 6.07) is 8.18. The van der Waals surface area contributed by atoms with Gasteiger partial charge in [-0.15, -0.1) is 0 Å². The molecule has 8 heteroatoms. The molecule has 140 valence electrons. The molecule has 0 unspecified atom stereocenters. The summed E-state index contributed by atoms with van der Waals surface area (Å²) in [5, 5.41) is 18.8. The molecule has 1 aromatic carbocycles. The van der Waals surface area contributed by atoms with Crippen molar-refractivity contribution in [1.29, 1.82) is 0 Å². The van der Waals surface area contributed by atoms with E-state index in [0.29, 0.717) is 24.4 Å². The Balaban J connectivity index is 1.62. The van der Waals surface area contributed by atoms with Crippen LogP contribution >= 0.6 is 0 Å². The first-order valence-electron chi connectivity index (χ1n) is 8.77. The monoisotopic (exact) mass is 367 g/mol. The summed E-state index contributed by atoms with van der Waals surface area (Å²) in [4.78, 5) is 27.1. The third-order valence-corrected chi connectivity index (χ3v) is 4.10. The Kier molecular flexibility index (Phi) is 5.44. The molecule has 0 aliphatic rings. The second-order valence-electron chi connectivity index (χ2n) is 6.79. The number of carbonyl (C=O) groups excluding carboxylic acids is 1. The molecule has 0 aliphatic carbocycles. The molecular formula is C19H21N5O3. The van der Waals surface area contributed by atoms with E-state index < -0.39 is 4.92 Å². The molecule has 2 heterocycles. The highest BCUT2D eigenvalue weighted by Crippen LogP contribution is 2.15. The minimum atomic E-state index is -0.428. The van der Waals surface area contributed by atoms with Crippen LogP contribution in [0.5, 0.6) is 0 Å². The van der Waals surface area contributed by atoms with Crippen molar-refractivity contribution in [1.82, 2.24) is 20.1 Å². The number of benzene rings is 1. The third kappa shape index (κ3) is 4.46. The maximum Gasteiger partial charge on any atom is 0.269 e. The summed E-state index contributed by atoms with van der Waals surface area (Å²) in [5.74, 6) is 0.220. The molecule has 0 atom stereocenters. The number of rotatable bonds is 7. The molecular weight excluding hydrogens is 346 g/mol. The van der Waals surface area contributed by atoms with Crippen molar-refractivity contribution in [2.75, 3.05) is 6.54 Å². The topological polar surface area (TPSA) is 103 Å². The number of amides is 1. The standard InChI is InChI=1S/C19H21N5O3/c1-13(2)12-23-18-15(11-22-23)9-16(10-21-18)19(25)20-7-6-14-4-3-5-17(8-14)24(26)27/h3-5,8-11,13H,6-7,12H2,1-2H3,(H,20,25). The van der Waals surface area contributed by atoms with E-state index in [4.69, 9.17) is 0 Å². The summed E-state index contributed by atoms with van der Waals surface area (Å²) in [6.07, 6.45) is 3.77. The Morgan fingerprint density at radius 3 is 2.85 bits per heavy atom. The molecule has 0 aliphatic heterocycles. The van der Waals surface area contributed by atoms with Crippen molar-refractivity contribution >= 4 is 22.6 Å². The highest BCUT2D eigenvalue weighted by Gasteiger charge is 2.11. The number of pyridine rings is 1. The summed E-state index contributed by atoms with van der Waals surface area (Å²) in [6.45, 7) is 5.36. The van der Waals surface area contributed by atoms with Crippen molar-refractivity contribution in [2.45, 2.75) is 26.8 Å². The van der Waals surface area contributed by atoms with E-state index in [1.165, 1.54) is 12.1 Å². The first-order valence-corrected chi connectivity index (χ1v) is 8.77. The molecule has 0 bridgehead atoms. The quantitative estimate of drug-likeness (QED) is 0.511. The fourth-order valence-electron chi connectivity index (χ4n) is 2.82. The molecule has 27 heavy (non-hydrogen) atoms. The zero-order chi connectivity index (χ0) is 19.4. The van der Waals surface area contributed by atoms with Crippen molar-refractivity contribution in [3.63, 3.8) is 0 Å². The highest BCUT2D eigenvalue weighted by molar-refractivity contribution is 5.96. The number of carbonyl (C=O) groups is 1. The minimum absolute atomic E-state index is 0.0480. The molecule has 8 nitrogen and oxygen atoms in total. The maximum atomic E-state index is 12.4. The van der Waals surface area contributed by atoms with Crippen molar-refractivity contribution in [2.24, 2.45) is 5.92 Å². The second-order valence-corrected chi connectivity index (χ2v) is 6.79. The van der Waals surface area contributed by atoms with Crippen molar-refractivity contribution in [3.8, 4) is 0 Å². The number of fused-ring (bicyclic) bond motifs is 1. The number of hydrogen-bond acceptors (Lipinski definition) is 5. The zero-order valence-electron chi connectivity index (χ0n) is 15.3. The molecule has 0 saturated carbocycles. The lowest BCUT2D eigenvalue weighted by atomic mass is 10.1. The lowest BCUT2D eigenvalue weighted by molar-refractivity contribution is -0.384. The van der Waals surface area contributed by atoms with Gasteiger partial charge in [0.25, 0.3) is 11.6 Å². The normalized spacial score (nSPS) is 11.1. The van der Waals surface area contributed by atoms with Gasteiger partial charge in [-0.25, -0.2) is 9.67 Å². The number of nitrogens with one attached hydrogen (secondary N) is 1. The van der Waals surface area contributed by atoms with Crippen LogP contribution in [0, 0.1) is 16.0 Å². The molecule has 2 aromatic heterocycles. The smallest absolute Gasteiger partial charge is 0.269 e. The Morgan fingerprint density at radius 1 is 1.30 bits per heavy atom. The van der Waals surface area contributed by atoms with Gasteiger partial charge in [-0.1, -0.05) is 26.0 Å². The first-order chi connectivity index (χ1) is 12.9. The van der Waals surface area contributed by atoms with E-state index in [2.05, 4.69) is 29.2 Å². The lowest BCUT2D eigenvalue weighted by Crippen LogP contribution is -2.25. The molecule has 3 aromatic rings. The second kappa shape index (κ2) is 7.94. The summed E-state index contributed by atoms with van der Waals surface area (Å²) in [7, 11) is 0. The van der Waals surface area contributed by atoms with E-state index in [0.717, 1.165) is 23.1 Å². The fraction of sp³-hybridized carbons (Fsp3) is 0.316. The number of nitro benzene ring substituents is 1. The zero-order valence-corrected chi connectivity index (χ0v) is 15.3. The van der Waals surface area contributed by atoms with Crippen LogP contribution in [0.25, 0.3) is 11.0 Å². The van der Waals surface area contributed by atoms with Crippen LogP contribution in [0.3, 0.4) is 0 Å². The Morgan fingerprint density at radius 2 is 2.11 bits per heavy atom. The van der Waals surface area contributed by atoms with Gasteiger partial charge in [0.15, 0.2) is 5.65 Å². The Labute approximate surface area is 156 Å². The molecule has 0 fully saturated rings. The van der Waals surface area contributed by atoms with Gasteiger partial charge in [0.1, 0.15) is 0 Å². The summed E-state index contributed by atoms with van der Waals surface area (Å²) >= 11 is 0. The number of nitrogens with zero attached hydrogens (tertiary/aromatic N) is 4. The van der Waals surface area contributed by atoms with Gasteiger partial charge < -0.3 is 5.32 Å². The molecule has 1 N–H and O–H groups in total. The van der Waals surface area contributed by atoms with Crippen LogP contribution in [-0.2, 0) is 13.0 Å². The van der Waals surface area contributed by atoms with Crippen molar-refractivity contribution in [3.05, 3.63) is 64.0 Å². The van der Waals surface area contributed by atoms with Crippen LogP contribution in [0.15, 0.2) is 42.7 Å². The van der Waals surface area contributed by atoms with Crippen LogP contribution in [0.4, 0.5) is 5.69 Å². The van der Waals surface area contributed by atoms with E-state index in [1.54, 1.807) is 30.6 Å². The van der Waals surface area contributed by atoms with Crippen LogP contribution < -0.4 is 5.32 Å². The molecule has 1 amide bonds. The van der Waals surface area contributed by atoms with Gasteiger partial charge in [-0.3, -0.25) is 14.9 Å². The number of hydrogen-bond donors (Lipinski definition) is 1. The fourth-order valence-corrected chi connectivity index (χ4v) is 2.82. The van der Waals surface area contributed by atoms with Crippen molar-refractivity contribution < 1.29 is 9.72 Å². The highest BCUT2D eigenvalue weighted by atomic mass is 16.6. The van der Waals surface area contributed by atoms with E-state index in [-0.39, 0.29) is 11.6 Å². The van der Waals surface area contributed by atoms with Gasteiger partial charge in [0.05, 0.1) is 16.7 Å². The molecule has 0 saturated heterocycles. The molecule has 0 radical (unpaired) electrons. The average Bonchev–Trinajstić information content (AvgIpc) is 3.03. The van der Waals surface area contributed by atoms with E-state index in [1.807, 2.05) is 4.68 Å². The SMILES string of the molecule is CC(C)Cn1ncc2cc(C(=O)NCCc3cccc([N+](=O)[O-])c3)cnc21. The Bertz CT molecular complexity index is 980. The average molecular weight is 367 g/mol. The summed E-state index contributed by atoms with van der Waals surface area (Å²) < 4.78 is 1.84. The Hall–Kier alpha value is -3.29. The predicted molar refractivity (Wildman–Crippen MR) is 101 cm³/mol. The largest absolute Gasteiger partial charge is 0.352 e. The minimum Gasteiger partial charge on any atom is -0.352 e. The number of non-ortho nitro benzene ring substituents is 1. The predicted octanol–water partition coefficient (Wildman–Crippen LogP) is 2.97. The summed E-state index contributed by atoms with van der Waals surface area (Å²) in [5.41, 5.74) is 2.07. The van der Waals surface area contributed by atoms with Crippen LogP contribution in [0.2, 0.25) is 0 Å². The van der Waals surface area contributed by atoms with Gasteiger partial charge in [-0.05, 0) is 24.0 Å². The number of nitro groups is 1. The van der Waals surface area contributed by atoms with Gasteiger partial charge in [-0.2, -0.15) is 5.10 Å². The van der Waals surface area contributed by atoms with Gasteiger partial charge in [0.2, 0.25) is 0 Å². The van der Waals surface area contributed by atoms with Crippen LogP contribution in [-0.4, -0.2) is 32.1 Å². The maximum absolute atomic E-state index is 12.4. The molecule has 0 spiro atoms. The van der Waals surface area contributed by atoms with Crippen LogP contribution in [0.1, 0.15) is 29.8 Å². The lowest BCUT2D eigenvalue weighted by Gasteiger charge is -2.07. The van der Waals surface area contributed by atoms with E-state index >= 15 is 0 Å². The van der Waals surface area contributed by atoms with Gasteiger partial charge in [0, 0.05) is 36.8 Å². The van der Waals surface area contributed by atoms with E-state index in [9.17, 15) is 14.9 Å². The molecule has 3 rings (SSSR count). The number of aromatic nitrogens is 3.